The van der Waals surface area contributed by atoms with E-state index in [4.69, 9.17) is 0 Å². The highest BCUT2D eigenvalue weighted by atomic mass is 32.2. The van der Waals surface area contributed by atoms with Crippen molar-refractivity contribution in [3.63, 3.8) is 0 Å². The molecule has 2 rings (SSSR count). The molecule has 0 spiro atoms. The van der Waals surface area contributed by atoms with Crippen LogP contribution in [0.5, 0.6) is 0 Å². The summed E-state index contributed by atoms with van der Waals surface area (Å²) in [5.41, 5.74) is -0.683. The molecule has 1 fully saturated rings. The van der Waals surface area contributed by atoms with Gasteiger partial charge in [0.2, 0.25) is 0 Å². The summed E-state index contributed by atoms with van der Waals surface area (Å²) in [5, 5.41) is 15.7. The van der Waals surface area contributed by atoms with Crippen LogP contribution in [0.15, 0.2) is 24.3 Å². The Bertz CT molecular complexity index is 688. The van der Waals surface area contributed by atoms with E-state index in [9.17, 15) is 23.3 Å². The van der Waals surface area contributed by atoms with E-state index >= 15 is 0 Å². The van der Waals surface area contributed by atoms with Crippen molar-refractivity contribution in [2.45, 2.75) is 18.9 Å². The number of rotatable bonds is 3. The molecule has 1 saturated heterocycles. The van der Waals surface area contributed by atoms with E-state index < -0.39 is 26.3 Å². The molecule has 0 bridgehead atoms. The highest BCUT2D eigenvalue weighted by Gasteiger charge is 2.39. The van der Waals surface area contributed by atoms with Gasteiger partial charge in [0.05, 0.1) is 22.0 Å². The molecule has 1 heterocycles. The fourth-order valence-corrected chi connectivity index (χ4v) is 4.34. The number of urea groups is 1. The van der Waals surface area contributed by atoms with Crippen LogP contribution in [0.2, 0.25) is 0 Å². The molecule has 114 valence electrons. The maximum Gasteiger partial charge on any atom is 0.319 e. The number of carbonyl (C=O) groups excluding carboxylic acids is 1. The van der Waals surface area contributed by atoms with Crippen molar-refractivity contribution in [2.24, 2.45) is 0 Å². The Hall–Kier alpha value is -2.16. The Morgan fingerprint density at radius 2 is 2.14 bits per heavy atom. The second-order valence-corrected chi connectivity index (χ2v) is 7.47. The lowest BCUT2D eigenvalue weighted by molar-refractivity contribution is -0.384. The van der Waals surface area contributed by atoms with Crippen LogP contribution in [0.4, 0.5) is 16.2 Å². The summed E-state index contributed by atoms with van der Waals surface area (Å²) in [6.07, 6.45) is 0.345. The first kappa shape index (κ1) is 15.2. The molecular formula is C12H15N3O5S. The van der Waals surface area contributed by atoms with Gasteiger partial charge in [0.1, 0.15) is 0 Å². The van der Waals surface area contributed by atoms with Gasteiger partial charge in [-0.15, -0.1) is 0 Å². The standard InChI is InChI=1S/C12H15N3O5S/c1-12(5-6-21(19,20)8-12)14-11(16)13-9-3-2-4-10(7-9)15(17)18/h2-4,7H,5-6,8H2,1H3,(H2,13,14,16)/t12-/m1/s1. The minimum absolute atomic E-state index is 0.0423. The molecule has 0 saturated carbocycles. The fourth-order valence-electron chi connectivity index (χ4n) is 2.24. The molecule has 9 heteroatoms. The third-order valence-corrected chi connectivity index (χ3v) is 5.14. The molecule has 8 nitrogen and oxygen atoms in total. The smallest absolute Gasteiger partial charge is 0.319 e. The summed E-state index contributed by atoms with van der Waals surface area (Å²) in [6.45, 7) is 1.66. The van der Waals surface area contributed by atoms with Crippen molar-refractivity contribution in [1.29, 1.82) is 0 Å². The number of hydrogen-bond donors (Lipinski definition) is 2. The number of nitro groups is 1. The van der Waals surface area contributed by atoms with Gasteiger partial charge in [-0.25, -0.2) is 13.2 Å². The van der Waals surface area contributed by atoms with Gasteiger partial charge < -0.3 is 10.6 Å². The SMILES string of the molecule is C[C@@]1(NC(=O)Nc2cccc([N+](=O)[O-])c2)CCS(=O)(=O)C1. The van der Waals surface area contributed by atoms with Crippen molar-refractivity contribution in [2.75, 3.05) is 16.8 Å². The molecule has 1 atom stereocenters. The average Bonchev–Trinajstić information content (AvgIpc) is 2.63. The average molecular weight is 313 g/mol. The summed E-state index contributed by atoms with van der Waals surface area (Å²) < 4.78 is 22.9. The van der Waals surface area contributed by atoms with E-state index in [1.54, 1.807) is 6.92 Å². The van der Waals surface area contributed by atoms with Crippen molar-refractivity contribution >= 4 is 27.2 Å². The number of anilines is 1. The Balaban J connectivity index is 2.02. The largest absolute Gasteiger partial charge is 0.332 e. The van der Waals surface area contributed by atoms with Crippen LogP contribution < -0.4 is 10.6 Å². The third-order valence-electron chi connectivity index (χ3n) is 3.23. The van der Waals surface area contributed by atoms with E-state index in [0.29, 0.717) is 6.42 Å². The first-order valence-electron chi connectivity index (χ1n) is 6.23. The summed E-state index contributed by atoms with van der Waals surface area (Å²) in [5.74, 6) is -0.0665. The molecule has 1 aliphatic rings. The van der Waals surface area contributed by atoms with Gasteiger partial charge in [0, 0.05) is 17.8 Å². The molecule has 0 aliphatic carbocycles. The topological polar surface area (TPSA) is 118 Å². The molecule has 1 aliphatic heterocycles. The van der Waals surface area contributed by atoms with Gasteiger partial charge in [0.25, 0.3) is 5.69 Å². The number of sulfone groups is 1. The van der Waals surface area contributed by atoms with Gasteiger partial charge in [-0.1, -0.05) is 6.07 Å². The lowest BCUT2D eigenvalue weighted by Crippen LogP contribution is -2.48. The van der Waals surface area contributed by atoms with Crippen molar-refractivity contribution in [3.05, 3.63) is 34.4 Å². The summed E-state index contributed by atoms with van der Waals surface area (Å²) in [6, 6.07) is 4.92. The van der Waals surface area contributed by atoms with Crippen LogP contribution in [-0.2, 0) is 9.84 Å². The molecule has 21 heavy (non-hydrogen) atoms. The number of nitrogens with zero attached hydrogens (tertiary/aromatic N) is 1. The Morgan fingerprint density at radius 1 is 1.43 bits per heavy atom. The van der Waals surface area contributed by atoms with Crippen LogP contribution in [0, 0.1) is 10.1 Å². The van der Waals surface area contributed by atoms with E-state index in [1.807, 2.05) is 0 Å². The summed E-state index contributed by atoms with van der Waals surface area (Å²) >= 11 is 0. The Morgan fingerprint density at radius 3 is 2.71 bits per heavy atom. The van der Waals surface area contributed by atoms with Gasteiger partial charge in [0.15, 0.2) is 9.84 Å². The van der Waals surface area contributed by atoms with Crippen molar-refractivity contribution < 1.29 is 18.1 Å². The second kappa shape index (κ2) is 5.32. The lowest BCUT2D eigenvalue weighted by atomic mass is 10.0. The molecular weight excluding hydrogens is 298 g/mol. The molecule has 1 aromatic carbocycles. The number of amides is 2. The minimum atomic E-state index is -3.12. The molecule has 0 radical (unpaired) electrons. The van der Waals surface area contributed by atoms with Crippen LogP contribution in [0.3, 0.4) is 0 Å². The van der Waals surface area contributed by atoms with E-state index in [0.717, 1.165) is 0 Å². The highest BCUT2D eigenvalue weighted by molar-refractivity contribution is 7.91. The quantitative estimate of drug-likeness (QED) is 0.644. The van der Waals surface area contributed by atoms with Gasteiger partial charge in [-0.2, -0.15) is 0 Å². The van der Waals surface area contributed by atoms with E-state index in [2.05, 4.69) is 10.6 Å². The normalized spacial score (nSPS) is 23.5. The zero-order valence-corrected chi connectivity index (χ0v) is 12.1. The predicted octanol–water partition coefficient (Wildman–Crippen LogP) is 1.29. The second-order valence-electron chi connectivity index (χ2n) is 5.29. The fraction of sp³-hybridized carbons (Fsp3) is 0.417. The van der Waals surface area contributed by atoms with Gasteiger partial charge in [-0.05, 0) is 19.4 Å². The molecule has 2 N–H and O–H groups in total. The number of nitrogens with one attached hydrogen (secondary N) is 2. The van der Waals surface area contributed by atoms with Gasteiger partial charge in [-0.3, -0.25) is 10.1 Å². The maximum absolute atomic E-state index is 11.9. The zero-order chi connectivity index (χ0) is 15.7. The van der Waals surface area contributed by atoms with E-state index in [1.165, 1.54) is 24.3 Å². The number of nitro benzene ring substituents is 1. The zero-order valence-electron chi connectivity index (χ0n) is 11.3. The summed E-state index contributed by atoms with van der Waals surface area (Å²) in [7, 11) is -3.12. The highest BCUT2D eigenvalue weighted by Crippen LogP contribution is 2.23. The first-order valence-corrected chi connectivity index (χ1v) is 8.05. The Labute approximate surface area is 121 Å². The number of hydrogen-bond acceptors (Lipinski definition) is 5. The van der Waals surface area contributed by atoms with Crippen LogP contribution in [0.25, 0.3) is 0 Å². The number of benzene rings is 1. The molecule has 1 aromatic rings. The van der Waals surface area contributed by atoms with E-state index in [-0.39, 0.29) is 22.9 Å². The molecule has 0 aromatic heterocycles. The van der Waals surface area contributed by atoms with Gasteiger partial charge >= 0.3 is 6.03 Å². The Kier molecular flexibility index (Phi) is 3.86. The van der Waals surface area contributed by atoms with Crippen LogP contribution >= 0.6 is 0 Å². The number of carbonyl (C=O) groups is 1. The number of non-ortho nitro benzene ring substituents is 1. The monoisotopic (exact) mass is 313 g/mol. The first-order chi connectivity index (χ1) is 9.69. The van der Waals surface area contributed by atoms with Crippen molar-refractivity contribution in [3.8, 4) is 0 Å². The van der Waals surface area contributed by atoms with Crippen LogP contribution in [0.1, 0.15) is 13.3 Å². The summed E-state index contributed by atoms with van der Waals surface area (Å²) in [4.78, 5) is 22.0. The van der Waals surface area contributed by atoms with Crippen LogP contribution in [-0.4, -0.2) is 36.4 Å². The predicted molar refractivity (Wildman–Crippen MR) is 76.9 cm³/mol. The maximum atomic E-state index is 11.9. The third kappa shape index (κ3) is 3.91. The molecule has 2 amide bonds. The van der Waals surface area contributed by atoms with Crippen molar-refractivity contribution in [1.82, 2.24) is 5.32 Å². The minimum Gasteiger partial charge on any atom is -0.332 e. The molecule has 0 unspecified atom stereocenters. The lowest BCUT2D eigenvalue weighted by Gasteiger charge is -2.23.